The van der Waals surface area contributed by atoms with E-state index in [-0.39, 0.29) is 0 Å². The maximum absolute atomic E-state index is 4.46. The van der Waals surface area contributed by atoms with Crippen molar-refractivity contribution in [1.82, 2.24) is 10.3 Å². The largest absolute Gasteiger partial charge is 0.309 e. The molecule has 1 N–H and O–H groups in total. The molecule has 0 aliphatic heterocycles. The highest BCUT2D eigenvalue weighted by molar-refractivity contribution is 5.12. The van der Waals surface area contributed by atoms with E-state index in [1.807, 2.05) is 13.0 Å². The van der Waals surface area contributed by atoms with Gasteiger partial charge in [-0.1, -0.05) is 13.0 Å². The zero-order chi connectivity index (χ0) is 9.68. The molecule has 72 valence electrons. The van der Waals surface area contributed by atoms with Crippen LogP contribution in [0.1, 0.15) is 37.7 Å². The highest BCUT2D eigenvalue weighted by atomic mass is 14.9. The van der Waals surface area contributed by atoms with Crippen molar-refractivity contribution in [3.63, 3.8) is 0 Å². The van der Waals surface area contributed by atoms with E-state index in [9.17, 15) is 0 Å². The smallest absolute Gasteiger partial charge is 0.0573 e. The summed E-state index contributed by atoms with van der Waals surface area (Å²) in [4.78, 5) is 4.46. The molecule has 0 saturated carbocycles. The van der Waals surface area contributed by atoms with Gasteiger partial charge in [0.2, 0.25) is 0 Å². The average molecular weight is 178 g/mol. The number of aryl methyl sites for hydroxylation is 1. The van der Waals surface area contributed by atoms with E-state index < -0.39 is 0 Å². The van der Waals surface area contributed by atoms with E-state index in [2.05, 4.69) is 36.3 Å². The Morgan fingerprint density at radius 1 is 1.46 bits per heavy atom. The standard InChI is InChI=1S/C11H18N2/c1-4-8-12-10(3)11-7-5-6-9(2)13-11/h5-7,10,12H,4,8H2,1-3H3. The van der Waals surface area contributed by atoms with Crippen LogP contribution in [0.3, 0.4) is 0 Å². The number of hydrogen-bond donors (Lipinski definition) is 1. The van der Waals surface area contributed by atoms with Gasteiger partial charge in [-0.3, -0.25) is 4.98 Å². The van der Waals surface area contributed by atoms with E-state index in [1.165, 1.54) is 0 Å². The maximum atomic E-state index is 4.46. The summed E-state index contributed by atoms with van der Waals surface area (Å²) >= 11 is 0. The van der Waals surface area contributed by atoms with Crippen molar-refractivity contribution in [2.24, 2.45) is 0 Å². The number of rotatable bonds is 4. The minimum atomic E-state index is 0.361. The van der Waals surface area contributed by atoms with Gasteiger partial charge in [-0.2, -0.15) is 0 Å². The highest BCUT2D eigenvalue weighted by Crippen LogP contribution is 2.09. The molecule has 1 aromatic rings. The van der Waals surface area contributed by atoms with Crippen LogP contribution in [0.25, 0.3) is 0 Å². The molecular formula is C11H18N2. The lowest BCUT2D eigenvalue weighted by Gasteiger charge is -2.12. The first-order valence-corrected chi connectivity index (χ1v) is 4.91. The van der Waals surface area contributed by atoms with Crippen LogP contribution in [0.4, 0.5) is 0 Å². The molecule has 0 aliphatic carbocycles. The van der Waals surface area contributed by atoms with Gasteiger partial charge in [0.25, 0.3) is 0 Å². The second-order valence-electron chi connectivity index (χ2n) is 3.38. The Balaban J connectivity index is 2.60. The Bertz CT molecular complexity index is 258. The summed E-state index contributed by atoms with van der Waals surface area (Å²) in [6.45, 7) is 7.40. The summed E-state index contributed by atoms with van der Waals surface area (Å²) in [5.74, 6) is 0. The molecule has 1 unspecified atom stereocenters. The van der Waals surface area contributed by atoms with Gasteiger partial charge in [0.15, 0.2) is 0 Å². The highest BCUT2D eigenvalue weighted by Gasteiger charge is 2.04. The molecule has 2 nitrogen and oxygen atoms in total. The molecule has 0 amide bonds. The van der Waals surface area contributed by atoms with Gasteiger partial charge >= 0.3 is 0 Å². The zero-order valence-electron chi connectivity index (χ0n) is 8.67. The van der Waals surface area contributed by atoms with Crippen LogP contribution < -0.4 is 5.32 Å². The fraction of sp³-hybridized carbons (Fsp3) is 0.545. The fourth-order valence-corrected chi connectivity index (χ4v) is 1.27. The number of pyridine rings is 1. The molecule has 0 spiro atoms. The fourth-order valence-electron chi connectivity index (χ4n) is 1.27. The quantitative estimate of drug-likeness (QED) is 0.766. The lowest BCUT2D eigenvalue weighted by atomic mass is 10.2. The van der Waals surface area contributed by atoms with Crippen molar-refractivity contribution in [1.29, 1.82) is 0 Å². The van der Waals surface area contributed by atoms with E-state index >= 15 is 0 Å². The van der Waals surface area contributed by atoms with Crippen molar-refractivity contribution >= 4 is 0 Å². The van der Waals surface area contributed by atoms with Gasteiger partial charge in [-0.05, 0) is 38.9 Å². The predicted octanol–water partition coefficient (Wildman–Crippen LogP) is 2.45. The summed E-state index contributed by atoms with van der Waals surface area (Å²) in [7, 11) is 0. The third-order valence-corrected chi connectivity index (χ3v) is 2.05. The van der Waals surface area contributed by atoms with Gasteiger partial charge in [-0.15, -0.1) is 0 Å². The monoisotopic (exact) mass is 178 g/mol. The van der Waals surface area contributed by atoms with Crippen molar-refractivity contribution in [3.8, 4) is 0 Å². The summed E-state index contributed by atoms with van der Waals surface area (Å²) in [6, 6.07) is 6.51. The van der Waals surface area contributed by atoms with Crippen molar-refractivity contribution in [3.05, 3.63) is 29.6 Å². The maximum Gasteiger partial charge on any atom is 0.0573 e. The van der Waals surface area contributed by atoms with Gasteiger partial charge in [-0.25, -0.2) is 0 Å². The van der Waals surface area contributed by atoms with Crippen molar-refractivity contribution in [2.45, 2.75) is 33.2 Å². The molecular weight excluding hydrogens is 160 g/mol. The normalized spacial score (nSPS) is 12.8. The first kappa shape index (κ1) is 10.2. The summed E-state index contributed by atoms with van der Waals surface area (Å²) < 4.78 is 0. The Morgan fingerprint density at radius 3 is 2.85 bits per heavy atom. The molecule has 1 heterocycles. The van der Waals surface area contributed by atoms with Crippen LogP contribution in [0.2, 0.25) is 0 Å². The molecule has 1 aromatic heterocycles. The van der Waals surface area contributed by atoms with Crippen LogP contribution in [-0.2, 0) is 0 Å². The summed E-state index contributed by atoms with van der Waals surface area (Å²) in [6.07, 6.45) is 1.16. The number of nitrogens with zero attached hydrogens (tertiary/aromatic N) is 1. The lowest BCUT2D eigenvalue weighted by Crippen LogP contribution is -2.20. The third-order valence-electron chi connectivity index (χ3n) is 2.05. The second-order valence-corrected chi connectivity index (χ2v) is 3.38. The summed E-state index contributed by atoms with van der Waals surface area (Å²) in [5.41, 5.74) is 2.22. The van der Waals surface area contributed by atoms with Gasteiger partial charge in [0.1, 0.15) is 0 Å². The first-order valence-electron chi connectivity index (χ1n) is 4.91. The van der Waals surface area contributed by atoms with E-state index in [4.69, 9.17) is 0 Å². The Morgan fingerprint density at radius 2 is 2.23 bits per heavy atom. The summed E-state index contributed by atoms with van der Waals surface area (Å²) in [5, 5.41) is 3.41. The molecule has 13 heavy (non-hydrogen) atoms. The third kappa shape index (κ3) is 3.15. The average Bonchev–Trinajstić information content (AvgIpc) is 2.14. The zero-order valence-corrected chi connectivity index (χ0v) is 8.67. The Hall–Kier alpha value is -0.890. The molecule has 1 rings (SSSR count). The minimum Gasteiger partial charge on any atom is -0.309 e. The second kappa shape index (κ2) is 4.97. The molecule has 1 atom stereocenters. The molecule has 0 aromatic carbocycles. The lowest BCUT2D eigenvalue weighted by molar-refractivity contribution is 0.557. The first-order chi connectivity index (χ1) is 6.24. The van der Waals surface area contributed by atoms with Gasteiger partial charge < -0.3 is 5.32 Å². The molecule has 0 radical (unpaired) electrons. The molecule has 0 saturated heterocycles. The number of aromatic nitrogens is 1. The van der Waals surface area contributed by atoms with Gasteiger partial charge in [0, 0.05) is 11.7 Å². The van der Waals surface area contributed by atoms with E-state index in [1.54, 1.807) is 0 Å². The van der Waals surface area contributed by atoms with Crippen LogP contribution in [0.5, 0.6) is 0 Å². The molecule has 0 bridgehead atoms. The van der Waals surface area contributed by atoms with Crippen LogP contribution in [-0.4, -0.2) is 11.5 Å². The van der Waals surface area contributed by atoms with E-state index in [0.717, 1.165) is 24.4 Å². The number of hydrogen-bond acceptors (Lipinski definition) is 2. The number of nitrogens with one attached hydrogen (secondary N) is 1. The van der Waals surface area contributed by atoms with Crippen molar-refractivity contribution in [2.75, 3.05) is 6.54 Å². The molecule has 0 fully saturated rings. The van der Waals surface area contributed by atoms with Crippen LogP contribution in [0, 0.1) is 6.92 Å². The Labute approximate surface area is 80.4 Å². The van der Waals surface area contributed by atoms with Crippen LogP contribution >= 0.6 is 0 Å². The molecule has 0 aliphatic rings. The minimum absolute atomic E-state index is 0.361. The van der Waals surface area contributed by atoms with E-state index in [0.29, 0.717) is 6.04 Å². The van der Waals surface area contributed by atoms with Gasteiger partial charge in [0.05, 0.1) is 5.69 Å². The topological polar surface area (TPSA) is 24.9 Å². The van der Waals surface area contributed by atoms with Crippen LogP contribution in [0.15, 0.2) is 18.2 Å². The van der Waals surface area contributed by atoms with Crippen molar-refractivity contribution < 1.29 is 0 Å². The Kier molecular flexibility index (Phi) is 3.90. The predicted molar refractivity (Wildman–Crippen MR) is 55.7 cm³/mol. The SMILES string of the molecule is CCCNC(C)c1cccc(C)n1. The molecule has 2 heteroatoms.